The average molecular weight is 361 g/mol. The van der Waals surface area contributed by atoms with Crippen molar-refractivity contribution in [2.75, 3.05) is 5.32 Å². The van der Waals surface area contributed by atoms with E-state index < -0.39 is 17.8 Å². The van der Waals surface area contributed by atoms with E-state index >= 15 is 0 Å². The van der Waals surface area contributed by atoms with E-state index in [0.717, 1.165) is 31.0 Å². The lowest BCUT2D eigenvalue weighted by Crippen LogP contribution is -2.28. The van der Waals surface area contributed by atoms with Crippen molar-refractivity contribution in [2.45, 2.75) is 31.5 Å². The molecule has 10 heteroatoms. The van der Waals surface area contributed by atoms with E-state index in [2.05, 4.69) is 20.8 Å². The molecule has 2 aromatic rings. The molecule has 3 rings (SSSR count). The Morgan fingerprint density at radius 3 is 2.79 bits per heavy atom. The summed E-state index contributed by atoms with van der Waals surface area (Å²) < 4.78 is 43.1. The Hall–Kier alpha value is -2.29. The van der Waals surface area contributed by atoms with Crippen LogP contribution in [0.15, 0.2) is 22.7 Å². The summed E-state index contributed by atoms with van der Waals surface area (Å²) >= 11 is 5.80. The molecular weight excluding hydrogens is 349 g/mol. The third-order valence-electron chi connectivity index (χ3n) is 3.36. The predicted molar refractivity (Wildman–Crippen MR) is 78.6 cm³/mol. The van der Waals surface area contributed by atoms with Crippen LogP contribution in [0.3, 0.4) is 0 Å². The number of benzene rings is 1. The van der Waals surface area contributed by atoms with E-state index in [1.54, 1.807) is 0 Å². The molecule has 1 heterocycles. The molecule has 1 saturated carbocycles. The lowest BCUT2D eigenvalue weighted by molar-refractivity contribution is -0.137. The zero-order valence-electron chi connectivity index (χ0n) is 12.2. The second-order valence-corrected chi connectivity index (χ2v) is 5.73. The first-order valence-electron chi connectivity index (χ1n) is 7.07. The quantitative estimate of drug-likeness (QED) is 0.865. The predicted octanol–water partition coefficient (Wildman–Crippen LogP) is 3.94. The average Bonchev–Trinajstić information content (AvgIpc) is 3.25. The molecule has 1 aliphatic carbocycles. The summed E-state index contributed by atoms with van der Waals surface area (Å²) in [4.78, 5) is 15.9. The van der Waals surface area contributed by atoms with Gasteiger partial charge >= 0.3 is 12.2 Å². The molecule has 1 fully saturated rings. The molecule has 0 unspecified atom stereocenters. The highest BCUT2D eigenvalue weighted by molar-refractivity contribution is 6.33. The molecule has 0 aliphatic heterocycles. The topological polar surface area (TPSA) is 80.1 Å². The van der Waals surface area contributed by atoms with Gasteiger partial charge in [0.2, 0.25) is 5.89 Å². The Morgan fingerprint density at radius 2 is 2.12 bits per heavy atom. The molecule has 1 aromatic carbocycles. The summed E-state index contributed by atoms with van der Waals surface area (Å²) in [6.07, 6.45) is -2.52. The van der Waals surface area contributed by atoms with Gasteiger partial charge in [-0.05, 0) is 31.0 Å². The van der Waals surface area contributed by atoms with E-state index in [1.165, 1.54) is 0 Å². The smallest absolute Gasteiger partial charge is 0.339 e. The molecule has 0 atom stereocenters. The summed E-state index contributed by atoms with van der Waals surface area (Å²) in [5, 5.41) is 8.41. The van der Waals surface area contributed by atoms with Crippen molar-refractivity contribution < 1.29 is 22.5 Å². The van der Waals surface area contributed by atoms with Gasteiger partial charge in [0, 0.05) is 5.92 Å². The number of carbonyl (C=O) groups is 1. The van der Waals surface area contributed by atoms with Gasteiger partial charge in [-0.1, -0.05) is 16.8 Å². The van der Waals surface area contributed by atoms with E-state index in [9.17, 15) is 18.0 Å². The minimum atomic E-state index is -4.53. The Kier molecular flexibility index (Phi) is 4.35. The van der Waals surface area contributed by atoms with Crippen molar-refractivity contribution >= 4 is 23.3 Å². The maximum atomic E-state index is 12.7. The summed E-state index contributed by atoms with van der Waals surface area (Å²) in [6.45, 7) is -0.0152. The highest BCUT2D eigenvalue weighted by Gasteiger charge is 2.31. The van der Waals surface area contributed by atoms with Gasteiger partial charge in [0.05, 0.1) is 22.8 Å². The number of halogens is 4. The zero-order valence-corrected chi connectivity index (χ0v) is 12.9. The molecule has 24 heavy (non-hydrogen) atoms. The van der Waals surface area contributed by atoms with Crippen LogP contribution in [0.5, 0.6) is 0 Å². The number of urea groups is 1. The first kappa shape index (κ1) is 16.6. The normalized spacial score (nSPS) is 14.5. The van der Waals surface area contributed by atoms with Gasteiger partial charge in [-0.25, -0.2) is 4.79 Å². The summed E-state index contributed by atoms with van der Waals surface area (Å²) in [6, 6.07) is 1.95. The van der Waals surface area contributed by atoms with Crippen molar-refractivity contribution in [1.82, 2.24) is 15.5 Å². The maximum Gasteiger partial charge on any atom is 0.416 e. The minimum Gasteiger partial charge on any atom is -0.339 e. The monoisotopic (exact) mass is 360 g/mol. The van der Waals surface area contributed by atoms with Crippen molar-refractivity contribution in [2.24, 2.45) is 0 Å². The minimum absolute atomic E-state index is 0.00580. The Bertz CT molecular complexity index is 759. The van der Waals surface area contributed by atoms with E-state index in [0.29, 0.717) is 17.6 Å². The number of aromatic nitrogens is 2. The first-order chi connectivity index (χ1) is 11.3. The lowest BCUT2D eigenvalue weighted by atomic mass is 10.2. The largest absolute Gasteiger partial charge is 0.416 e. The van der Waals surface area contributed by atoms with Gasteiger partial charge < -0.3 is 15.2 Å². The highest BCUT2D eigenvalue weighted by atomic mass is 35.5. The van der Waals surface area contributed by atoms with Crippen LogP contribution >= 0.6 is 11.6 Å². The molecule has 0 saturated heterocycles. The van der Waals surface area contributed by atoms with E-state index in [4.69, 9.17) is 16.1 Å². The number of rotatable bonds is 4. The number of anilines is 1. The molecule has 2 amide bonds. The van der Waals surface area contributed by atoms with Crippen molar-refractivity contribution in [1.29, 1.82) is 0 Å². The molecule has 2 N–H and O–H groups in total. The summed E-state index contributed by atoms with van der Waals surface area (Å²) in [5.41, 5.74) is -1.05. The van der Waals surface area contributed by atoms with Crippen molar-refractivity contribution in [3.63, 3.8) is 0 Å². The van der Waals surface area contributed by atoms with E-state index in [-0.39, 0.29) is 17.3 Å². The Morgan fingerprint density at radius 1 is 1.38 bits per heavy atom. The molecule has 0 radical (unpaired) electrons. The van der Waals surface area contributed by atoms with Crippen LogP contribution in [-0.4, -0.2) is 16.2 Å². The number of carbonyl (C=O) groups excluding carboxylic acids is 1. The van der Waals surface area contributed by atoms with Gasteiger partial charge in [-0.2, -0.15) is 18.2 Å². The molecular formula is C14H12ClF3N4O2. The standard InChI is InChI=1S/C14H12ClF3N4O2/c15-9-4-3-8(14(16,17)18)5-10(9)20-13(23)19-6-11-21-12(24-22-11)7-1-2-7/h3-5,7H,1-2,6H2,(H2,19,20,23). The Labute approximate surface area is 139 Å². The maximum absolute atomic E-state index is 12.7. The fraction of sp³-hybridized carbons (Fsp3) is 0.357. The van der Waals surface area contributed by atoms with Crippen LogP contribution < -0.4 is 10.6 Å². The Balaban J connectivity index is 1.59. The fourth-order valence-corrected chi connectivity index (χ4v) is 2.12. The van der Waals surface area contributed by atoms with Crippen molar-refractivity contribution in [3.8, 4) is 0 Å². The van der Waals surface area contributed by atoms with Gasteiger partial charge in [0.15, 0.2) is 5.82 Å². The van der Waals surface area contributed by atoms with Gasteiger partial charge in [-0.3, -0.25) is 0 Å². The van der Waals surface area contributed by atoms with Crippen LogP contribution in [0, 0.1) is 0 Å². The molecule has 1 aliphatic rings. The first-order valence-corrected chi connectivity index (χ1v) is 7.45. The molecule has 0 spiro atoms. The highest BCUT2D eigenvalue weighted by Crippen LogP contribution is 2.38. The zero-order chi connectivity index (χ0) is 17.3. The number of amides is 2. The van der Waals surface area contributed by atoms with Gasteiger partial charge in [0.1, 0.15) is 0 Å². The number of hydrogen-bond donors (Lipinski definition) is 2. The van der Waals surface area contributed by atoms with Crippen LogP contribution in [0.4, 0.5) is 23.7 Å². The van der Waals surface area contributed by atoms with Crippen LogP contribution in [-0.2, 0) is 12.7 Å². The molecule has 6 nitrogen and oxygen atoms in total. The third-order valence-corrected chi connectivity index (χ3v) is 3.69. The van der Waals surface area contributed by atoms with Crippen LogP contribution in [0.1, 0.15) is 36.0 Å². The van der Waals surface area contributed by atoms with E-state index in [1.807, 2.05) is 0 Å². The number of hydrogen-bond acceptors (Lipinski definition) is 4. The number of nitrogens with one attached hydrogen (secondary N) is 2. The lowest BCUT2D eigenvalue weighted by Gasteiger charge is -2.11. The molecule has 1 aromatic heterocycles. The summed E-state index contributed by atoms with van der Waals surface area (Å²) in [5.74, 6) is 1.12. The molecule has 0 bridgehead atoms. The third kappa shape index (κ3) is 3.97. The van der Waals surface area contributed by atoms with Crippen molar-refractivity contribution in [3.05, 3.63) is 40.5 Å². The number of alkyl halides is 3. The van der Waals surface area contributed by atoms with Crippen LogP contribution in [0.25, 0.3) is 0 Å². The molecule has 128 valence electrons. The van der Waals surface area contributed by atoms with Gasteiger partial charge in [0.25, 0.3) is 0 Å². The van der Waals surface area contributed by atoms with Gasteiger partial charge in [-0.15, -0.1) is 0 Å². The second kappa shape index (κ2) is 6.31. The fourth-order valence-electron chi connectivity index (χ4n) is 1.96. The summed E-state index contributed by atoms with van der Waals surface area (Å²) in [7, 11) is 0. The SMILES string of the molecule is O=C(NCc1noc(C2CC2)n1)Nc1cc(C(F)(F)F)ccc1Cl. The number of nitrogens with zero attached hydrogens (tertiary/aromatic N) is 2. The second-order valence-electron chi connectivity index (χ2n) is 5.32. The van der Waals surface area contributed by atoms with Crippen LogP contribution in [0.2, 0.25) is 5.02 Å².